The van der Waals surface area contributed by atoms with Gasteiger partial charge in [0.25, 0.3) is 0 Å². The average Bonchev–Trinajstić information content (AvgIpc) is 2.17. The van der Waals surface area contributed by atoms with Crippen LogP contribution >= 0.6 is 22.2 Å². The van der Waals surface area contributed by atoms with Gasteiger partial charge in [0.15, 0.2) is 0 Å². The van der Waals surface area contributed by atoms with Crippen molar-refractivity contribution >= 4 is 43.8 Å². The molecule has 1 aromatic rings. The van der Waals surface area contributed by atoms with E-state index < -0.39 is 6.94 Å². The Morgan fingerprint density at radius 1 is 1.29 bits per heavy atom. The predicted molar refractivity (Wildman–Crippen MR) is 65.8 cm³/mol. The van der Waals surface area contributed by atoms with Crippen molar-refractivity contribution in [1.82, 2.24) is 0 Å². The molecule has 0 unspecified atom stereocenters. The highest BCUT2D eigenvalue weighted by molar-refractivity contribution is 7.43. The van der Waals surface area contributed by atoms with Crippen molar-refractivity contribution in [3.8, 4) is 0 Å². The summed E-state index contributed by atoms with van der Waals surface area (Å²) in [7, 11) is 2.21. The molecule has 0 aliphatic heterocycles. The molecule has 1 nitrogen and oxygen atoms in total. The quantitative estimate of drug-likeness (QED) is 0.598. The Bertz CT molecular complexity index is 287. The Kier molecular flexibility index (Phi) is 4.66. The van der Waals surface area contributed by atoms with E-state index in [1.807, 2.05) is 0 Å². The number of hydrogen-bond acceptors (Lipinski definition) is 1. The van der Waals surface area contributed by atoms with E-state index in [-0.39, 0.29) is 0 Å². The minimum absolute atomic E-state index is 0.632. The zero-order valence-corrected chi connectivity index (χ0v) is 11.7. The molecule has 0 bridgehead atoms. The Morgan fingerprint density at radius 3 is 2.36 bits per heavy atom. The first-order valence-corrected chi connectivity index (χ1v) is 9.61. The van der Waals surface area contributed by atoms with Crippen LogP contribution in [0.5, 0.6) is 0 Å². The highest BCUT2D eigenvalue weighted by atomic mass is 35.7. The highest BCUT2D eigenvalue weighted by Gasteiger charge is 2.28. The van der Waals surface area contributed by atoms with Gasteiger partial charge in [0.1, 0.15) is 0 Å². The maximum absolute atomic E-state index is 5.99. The average molecular weight is 263 g/mol. The molecule has 1 rings (SSSR count). The standard InChI is InChI=1S/C9H12Cl2OSi2/c1-8-3-5-9(6-4-8)13-7-14(10,11)12-2/h3-6H,7H2,1-2H3. The first-order chi connectivity index (χ1) is 6.53. The monoisotopic (exact) mass is 262 g/mol. The van der Waals surface area contributed by atoms with E-state index in [0.29, 0.717) is 9.52 Å². The molecule has 0 heterocycles. The first kappa shape index (κ1) is 12.3. The molecule has 0 atom stereocenters. The van der Waals surface area contributed by atoms with E-state index in [9.17, 15) is 0 Å². The molecule has 0 aliphatic carbocycles. The van der Waals surface area contributed by atoms with Crippen molar-refractivity contribution in [2.75, 3.05) is 7.11 Å². The topological polar surface area (TPSA) is 9.23 Å². The SMILES string of the molecule is CO[Si](Cl)(Cl)C[Si]c1ccc(C)cc1. The summed E-state index contributed by atoms with van der Waals surface area (Å²) in [6.07, 6.45) is 0. The van der Waals surface area contributed by atoms with E-state index >= 15 is 0 Å². The van der Waals surface area contributed by atoms with Crippen molar-refractivity contribution in [3.63, 3.8) is 0 Å². The fourth-order valence-corrected chi connectivity index (χ4v) is 4.77. The molecule has 5 heteroatoms. The summed E-state index contributed by atoms with van der Waals surface area (Å²) >= 11 is 12.0. The van der Waals surface area contributed by atoms with Crippen LogP contribution in [0.4, 0.5) is 0 Å². The number of aryl methyl sites for hydroxylation is 1. The van der Waals surface area contributed by atoms with Crippen LogP contribution in [-0.4, -0.2) is 23.6 Å². The maximum Gasteiger partial charge on any atom is 0.386 e. The van der Waals surface area contributed by atoms with E-state index in [2.05, 4.69) is 31.2 Å². The third-order valence-electron chi connectivity index (χ3n) is 1.85. The Hall–Kier alpha value is 0.194. The molecule has 0 saturated carbocycles. The zero-order chi connectivity index (χ0) is 10.6. The largest absolute Gasteiger partial charge is 0.396 e. The van der Waals surface area contributed by atoms with Crippen LogP contribution in [-0.2, 0) is 4.43 Å². The van der Waals surface area contributed by atoms with Crippen LogP contribution < -0.4 is 5.19 Å². The smallest absolute Gasteiger partial charge is 0.386 e. The number of rotatable bonds is 4. The van der Waals surface area contributed by atoms with Gasteiger partial charge in [-0.1, -0.05) is 35.0 Å². The number of halogens is 2. The summed E-state index contributed by atoms with van der Waals surface area (Å²) in [5.41, 5.74) is 2.03. The lowest BCUT2D eigenvalue weighted by Crippen LogP contribution is -2.29. The Balaban J connectivity index is 2.50. The van der Waals surface area contributed by atoms with Gasteiger partial charge >= 0.3 is 6.94 Å². The van der Waals surface area contributed by atoms with Gasteiger partial charge in [-0.05, 0) is 12.6 Å². The summed E-state index contributed by atoms with van der Waals surface area (Å²) in [5, 5.41) is 1.28. The van der Waals surface area contributed by atoms with E-state index in [1.165, 1.54) is 10.8 Å². The summed E-state index contributed by atoms with van der Waals surface area (Å²) < 4.78 is 5.06. The Morgan fingerprint density at radius 2 is 1.86 bits per heavy atom. The van der Waals surface area contributed by atoms with Crippen LogP contribution in [0.3, 0.4) is 0 Å². The van der Waals surface area contributed by atoms with Crippen molar-refractivity contribution in [2.45, 2.75) is 12.6 Å². The van der Waals surface area contributed by atoms with Gasteiger partial charge in [0, 0.05) is 7.11 Å². The molecule has 0 N–H and O–H groups in total. The summed E-state index contributed by atoms with van der Waals surface area (Å²) in [6, 6.07) is 8.42. The van der Waals surface area contributed by atoms with Crippen molar-refractivity contribution < 1.29 is 4.43 Å². The molecular formula is C9H12Cl2OSi2. The Labute approximate surface area is 97.7 Å². The van der Waals surface area contributed by atoms with Crippen LogP contribution in [0.1, 0.15) is 5.56 Å². The van der Waals surface area contributed by atoms with Crippen molar-refractivity contribution in [3.05, 3.63) is 29.8 Å². The van der Waals surface area contributed by atoms with Crippen LogP contribution in [0.2, 0.25) is 5.67 Å². The minimum atomic E-state index is -2.42. The van der Waals surface area contributed by atoms with Crippen molar-refractivity contribution in [1.29, 1.82) is 0 Å². The second kappa shape index (κ2) is 5.33. The molecule has 1 aromatic carbocycles. The lowest BCUT2D eigenvalue weighted by molar-refractivity contribution is 0.431. The van der Waals surface area contributed by atoms with Crippen LogP contribution in [0.15, 0.2) is 24.3 Å². The second-order valence-corrected chi connectivity index (χ2v) is 11.3. The summed E-state index contributed by atoms with van der Waals surface area (Å²) in [6.45, 7) is -0.343. The maximum atomic E-state index is 5.99. The molecular weight excluding hydrogens is 251 g/mol. The van der Waals surface area contributed by atoms with Gasteiger partial charge in [-0.25, -0.2) is 0 Å². The van der Waals surface area contributed by atoms with Gasteiger partial charge in [-0.15, -0.1) is 22.2 Å². The summed E-state index contributed by atoms with van der Waals surface area (Å²) in [5.74, 6) is 0. The fraction of sp³-hybridized carbons (Fsp3) is 0.333. The lowest BCUT2D eigenvalue weighted by atomic mass is 10.2. The molecule has 0 fully saturated rings. The second-order valence-electron chi connectivity index (χ2n) is 3.06. The molecule has 14 heavy (non-hydrogen) atoms. The van der Waals surface area contributed by atoms with Gasteiger partial charge in [-0.3, -0.25) is 0 Å². The minimum Gasteiger partial charge on any atom is -0.396 e. The van der Waals surface area contributed by atoms with Crippen LogP contribution in [0, 0.1) is 6.92 Å². The number of hydrogen-bond donors (Lipinski definition) is 0. The van der Waals surface area contributed by atoms with Crippen LogP contribution in [0.25, 0.3) is 0 Å². The predicted octanol–water partition coefficient (Wildman–Crippen LogP) is 2.34. The molecule has 76 valence electrons. The van der Waals surface area contributed by atoms with E-state index in [0.717, 1.165) is 5.67 Å². The lowest BCUT2D eigenvalue weighted by Gasteiger charge is -2.12. The third kappa shape index (κ3) is 4.15. The van der Waals surface area contributed by atoms with Gasteiger partial charge in [-0.2, -0.15) is 0 Å². The molecule has 0 saturated heterocycles. The van der Waals surface area contributed by atoms with E-state index in [4.69, 9.17) is 26.6 Å². The molecule has 0 spiro atoms. The van der Waals surface area contributed by atoms with Crippen molar-refractivity contribution in [2.24, 2.45) is 0 Å². The van der Waals surface area contributed by atoms with Gasteiger partial charge in [0.2, 0.25) is 0 Å². The molecule has 0 amide bonds. The van der Waals surface area contributed by atoms with E-state index in [1.54, 1.807) is 7.11 Å². The first-order valence-electron chi connectivity index (χ1n) is 4.27. The normalized spacial score (nSPS) is 11.7. The third-order valence-corrected chi connectivity index (χ3v) is 8.87. The fourth-order valence-electron chi connectivity index (χ4n) is 0.949. The van der Waals surface area contributed by atoms with Gasteiger partial charge < -0.3 is 4.43 Å². The van der Waals surface area contributed by atoms with Gasteiger partial charge in [0.05, 0.1) is 9.52 Å². The molecule has 2 radical (unpaired) electrons. The zero-order valence-electron chi connectivity index (χ0n) is 8.18. The number of benzene rings is 1. The molecule has 0 aromatic heterocycles. The highest BCUT2D eigenvalue weighted by Crippen LogP contribution is 2.19. The molecule has 0 aliphatic rings. The summed E-state index contributed by atoms with van der Waals surface area (Å²) in [4.78, 5) is 0.